The highest BCUT2D eigenvalue weighted by molar-refractivity contribution is 6.42. The largest absolute Gasteiger partial charge is 0.496 e. The number of para-hydroxylation sites is 1. The van der Waals surface area contributed by atoms with Crippen LogP contribution < -0.4 is 20.1 Å². The van der Waals surface area contributed by atoms with E-state index in [1.54, 1.807) is 48.5 Å². The predicted molar refractivity (Wildman–Crippen MR) is 160 cm³/mol. The first-order valence-electron chi connectivity index (χ1n) is 12.3. The third-order valence-electron chi connectivity index (χ3n) is 6.08. The van der Waals surface area contributed by atoms with Crippen LogP contribution in [0, 0.1) is 0 Å². The zero-order valence-electron chi connectivity index (χ0n) is 22.3. The molecule has 0 heterocycles. The molecular weight excluding hydrogens is 551 g/mol. The van der Waals surface area contributed by atoms with Gasteiger partial charge in [-0.25, -0.2) is 9.59 Å². The zero-order valence-corrected chi connectivity index (χ0v) is 23.9. The predicted octanol–water partition coefficient (Wildman–Crippen LogP) is 9.10. The standard InChI is InChI=1S/C31H28Cl2N2O5/c1-31(2,3)22-7-5-6-8-27(22)40-28-14-10-19(18-9-13-26(39-4)21(15-18)29(36)37)16-25(28)35-30(38)34-20-11-12-23(32)24(33)17-20/h5-17H,1-4H3,(H,36,37)(H2,34,35,38). The van der Waals surface area contributed by atoms with Gasteiger partial charge < -0.3 is 25.2 Å². The van der Waals surface area contributed by atoms with Gasteiger partial charge in [0, 0.05) is 11.3 Å². The van der Waals surface area contributed by atoms with E-state index in [1.807, 2.05) is 24.3 Å². The highest BCUT2D eigenvalue weighted by Crippen LogP contribution is 2.39. The average Bonchev–Trinajstić information content (AvgIpc) is 2.91. The first-order chi connectivity index (χ1) is 19.0. The molecule has 3 N–H and O–H groups in total. The Morgan fingerprint density at radius 2 is 1.45 bits per heavy atom. The van der Waals surface area contributed by atoms with Gasteiger partial charge in [-0.3, -0.25) is 0 Å². The second-order valence-corrected chi connectivity index (χ2v) is 10.8. The summed E-state index contributed by atoms with van der Waals surface area (Å²) in [6.45, 7) is 6.27. The van der Waals surface area contributed by atoms with Gasteiger partial charge in [-0.15, -0.1) is 0 Å². The van der Waals surface area contributed by atoms with Crippen molar-refractivity contribution in [3.8, 4) is 28.4 Å². The van der Waals surface area contributed by atoms with E-state index in [4.69, 9.17) is 32.7 Å². The van der Waals surface area contributed by atoms with Crippen LogP contribution in [0.2, 0.25) is 10.0 Å². The van der Waals surface area contributed by atoms with E-state index in [0.717, 1.165) is 5.56 Å². The summed E-state index contributed by atoms with van der Waals surface area (Å²) in [6.07, 6.45) is 0. The molecule has 7 nitrogen and oxygen atoms in total. The Morgan fingerprint density at radius 1 is 0.775 bits per heavy atom. The van der Waals surface area contributed by atoms with Gasteiger partial charge in [0.05, 0.1) is 22.8 Å². The Morgan fingerprint density at radius 3 is 2.10 bits per heavy atom. The number of methoxy groups -OCH3 is 1. The molecule has 0 radical (unpaired) electrons. The lowest BCUT2D eigenvalue weighted by atomic mass is 9.86. The number of nitrogens with one attached hydrogen (secondary N) is 2. The molecule has 0 unspecified atom stereocenters. The SMILES string of the molecule is COc1ccc(-c2ccc(Oc3ccccc3C(C)(C)C)c(NC(=O)Nc3ccc(Cl)c(Cl)c3)c2)cc1C(=O)O. The number of hydrogen-bond acceptors (Lipinski definition) is 4. The first kappa shape index (κ1) is 28.8. The van der Waals surface area contributed by atoms with Crippen LogP contribution in [-0.4, -0.2) is 24.2 Å². The van der Waals surface area contributed by atoms with Gasteiger partial charge >= 0.3 is 12.0 Å². The van der Waals surface area contributed by atoms with E-state index in [2.05, 4.69) is 31.4 Å². The second kappa shape index (κ2) is 11.9. The maximum Gasteiger partial charge on any atom is 0.339 e. The molecule has 4 aromatic rings. The van der Waals surface area contributed by atoms with E-state index in [0.29, 0.717) is 44.0 Å². The van der Waals surface area contributed by atoms with Crippen LogP contribution in [0.5, 0.6) is 17.2 Å². The van der Waals surface area contributed by atoms with Crippen molar-refractivity contribution in [1.29, 1.82) is 0 Å². The van der Waals surface area contributed by atoms with Crippen molar-refractivity contribution in [2.75, 3.05) is 17.7 Å². The van der Waals surface area contributed by atoms with Crippen LogP contribution in [0.15, 0.2) is 78.9 Å². The van der Waals surface area contributed by atoms with Crippen molar-refractivity contribution in [2.45, 2.75) is 26.2 Å². The van der Waals surface area contributed by atoms with Crippen molar-refractivity contribution in [3.05, 3.63) is 100 Å². The third kappa shape index (κ3) is 6.68. The molecule has 0 aromatic heterocycles. The van der Waals surface area contributed by atoms with Gasteiger partial charge in [-0.2, -0.15) is 0 Å². The van der Waals surface area contributed by atoms with Crippen LogP contribution in [0.3, 0.4) is 0 Å². The van der Waals surface area contributed by atoms with Gasteiger partial charge in [-0.05, 0) is 65.1 Å². The van der Waals surface area contributed by atoms with Crippen molar-refractivity contribution < 1.29 is 24.2 Å². The molecule has 206 valence electrons. The fourth-order valence-corrected chi connectivity index (χ4v) is 4.40. The molecule has 0 atom stereocenters. The summed E-state index contributed by atoms with van der Waals surface area (Å²) in [5.41, 5.74) is 2.92. The van der Waals surface area contributed by atoms with E-state index in [-0.39, 0.29) is 16.7 Å². The summed E-state index contributed by atoms with van der Waals surface area (Å²) < 4.78 is 11.5. The Kier molecular flexibility index (Phi) is 8.57. The average molecular weight is 579 g/mol. The smallest absolute Gasteiger partial charge is 0.339 e. The first-order valence-corrected chi connectivity index (χ1v) is 13.1. The highest BCUT2D eigenvalue weighted by atomic mass is 35.5. The lowest BCUT2D eigenvalue weighted by molar-refractivity contribution is 0.0693. The van der Waals surface area contributed by atoms with Crippen LogP contribution in [-0.2, 0) is 5.41 Å². The van der Waals surface area contributed by atoms with Gasteiger partial charge in [0.25, 0.3) is 0 Å². The summed E-state index contributed by atoms with van der Waals surface area (Å²) in [7, 11) is 1.41. The zero-order chi connectivity index (χ0) is 29.0. The van der Waals surface area contributed by atoms with Crippen LogP contribution >= 0.6 is 23.2 Å². The van der Waals surface area contributed by atoms with Crippen LogP contribution in [0.1, 0.15) is 36.7 Å². The number of carboxylic acids is 1. The Bertz CT molecular complexity index is 1580. The number of anilines is 2. The molecule has 9 heteroatoms. The molecule has 0 spiro atoms. The molecule has 0 aliphatic rings. The van der Waals surface area contributed by atoms with Gasteiger partial charge in [-0.1, -0.05) is 74.3 Å². The molecule has 2 amide bonds. The van der Waals surface area contributed by atoms with E-state index in [9.17, 15) is 14.7 Å². The van der Waals surface area contributed by atoms with Crippen LogP contribution in [0.25, 0.3) is 11.1 Å². The number of amides is 2. The van der Waals surface area contributed by atoms with E-state index < -0.39 is 12.0 Å². The number of rotatable bonds is 7. The molecule has 4 aromatic carbocycles. The lowest BCUT2D eigenvalue weighted by Gasteiger charge is -2.23. The summed E-state index contributed by atoms with van der Waals surface area (Å²) in [6, 6.07) is 22.0. The molecule has 0 fully saturated rings. The molecule has 0 saturated carbocycles. The van der Waals surface area contributed by atoms with Gasteiger partial charge in [0.15, 0.2) is 5.75 Å². The molecule has 40 heavy (non-hydrogen) atoms. The Hall–Kier alpha value is -4.20. The van der Waals surface area contributed by atoms with Crippen molar-refractivity contribution in [1.82, 2.24) is 0 Å². The lowest BCUT2D eigenvalue weighted by Crippen LogP contribution is -2.20. The summed E-state index contributed by atoms with van der Waals surface area (Å²) in [5.74, 6) is 0.177. The minimum absolute atomic E-state index is 0.0197. The Labute approximate surface area is 242 Å². The molecule has 0 saturated heterocycles. The Balaban J connectivity index is 1.74. The molecule has 0 aliphatic carbocycles. The number of halogens is 2. The highest BCUT2D eigenvalue weighted by Gasteiger charge is 2.21. The number of aromatic carboxylic acids is 1. The molecule has 4 rings (SSSR count). The van der Waals surface area contributed by atoms with Crippen molar-refractivity contribution in [3.63, 3.8) is 0 Å². The number of carbonyl (C=O) groups is 2. The van der Waals surface area contributed by atoms with Gasteiger partial charge in [0.1, 0.15) is 17.1 Å². The molecule has 0 bridgehead atoms. The summed E-state index contributed by atoms with van der Waals surface area (Å²) in [5, 5.41) is 15.9. The number of carbonyl (C=O) groups excluding carboxylic acids is 1. The fraction of sp³-hybridized carbons (Fsp3) is 0.161. The van der Waals surface area contributed by atoms with Gasteiger partial charge in [0.2, 0.25) is 0 Å². The van der Waals surface area contributed by atoms with Crippen LogP contribution in [0.4, 0.5) is 16.2 Å². The fourth-order valence-electron chi connectivity index (χ4n) is 4.10. The summed E-state index contributed by atoms with van der Waals surface area (Å²) in [4.78, 5) is 24.8. The minimum Gasteiger partial charge on any atom is -0.496 e. The third-order valence-corrected chi connectivity index (χ3v) is 6.82. The quantitative estimate of drug-likeness (QED) is 0.203. The van der Waals surface area contributed by atoms with E-state index in [1.165, 1.54) is 13.2 Å². The number of ether oxygens (including phenoxy) is 2. The molecule has 0 aliphatic heterocycles. The number of benzene rings is 4. The number of carboxylic acid groups (broad SMARTS) is 1. The van der Waals surface area contributed by atoms with Crippen molar-refractivity contribution in [2.24, 2.45) is 0 Å². The second-order valence-electron chi connectivity index (χ2n) is 9.99. The normalized spacial score (nSPS) is 11.1. The summed E-state index contributed by atoms with van der Waals surface area (Å²) >= 11 is 12.1. The topological polar surface area (TPSA) is 96.9 Å². The monoisotopic (exact) mass is 578 g/mol. The maximum atomic E-state index is 13.0. The number of hydrogen-bond donors (Lipinski definition) is 3. The number of urea groups is 1. The minimum atomic E-state index is -1.11. The maximum absolute atomic E-state index is 13.0. The molecular formula is C31H28Cl2N2O5. The van der Waals surface area contributed by atoms with Crippen molar-refractivity contribution >= 4 is 46.6 Å². The van der Waals surface area contributed by atoms with E-state index >= 15 is 0 Å².